The zero-order valence-electron chi connectivity index (χ0n) is 12.6. The van der Waals surface area contributed by atoms with Gasteiger partial charge in [0.15, 0.2) is 9.84 Å². The predicted octanol–water partition coefficient (Wildman–Crippen LogP) is 2.24. The van der Waals surface area contributed by atoms with Gasteiger partial charge in [-0.2, -0.15) is 0 Å². The molecule has 0 aliphatic carbocycles. The third-order valence-corrected chi connectivity index (χ3v) is 5.99. The standard InChI is InChI=1S/C14H27NO3S/c1-12(19(17,18)11-14(2,3)4)13(16)15-9-7-5-6-8-10-15/h12H,5-11H2,1-4H3/t12-/m1/s1. The fourth-order valence-electron chi connectivity index (χ4n) is 2.43. The number of sulfone groups is 1. The quantitative estimate of drug-likeness (QED) is 0.800. The first-order valence-corrected chi connectivity index (χ1v) is 8.85. The van der Waals surface area contributed by atoms with Gasteiger partial charge >= 0.3 is 0 Å². The number of carbonyl (C=O) groups excluding carboxylic acids is 1. The zero-order chi connectivity index (χ0) is 14.7. The van der Waals surface area contributed by atoms with Gasteiger partial charge < -0.3 is 4.90 Å². The lowest BCUT2D eigenvalue weighted by Gasteiger charge is -2.26. The Morgan fingerprint density at radius 1 is 1.11 bits per heavy atom. The highest BCUT2D eigenvalue weighted by molar-refractivity contribution is 7.92. The molecule has 112 valence electrons. The first-order valence-electron chi connectivity index (χ1n) is 7.14. The molecular formula is C14H27NO3S. The molecular weight excluding hydrogens is 262 g/mol. The molecule has 0 unspecified atom stereocenters. The van der Waals surface area contributed by atoms with Gasteiger partial charge in [0.25, 0.3) is 0 Å². The zero-order valence-corrected chi connectivity index (χ0v) is 13.4. The van der Waals surface area contributed by atoms with E-state index in [0.29, 0.717) is 13.1 Å². The van der Waals surface area contributed by atoms with Crippen LogP contribution in [0.2, 0.25) is 0 Å². The van der Waals surface area contributed by atoms with Gasteiger partial charge in [-0.1, -0.05) is 33.6 Å². The molecule has 0 aromatic carbocycles. The SMILES string of the molecule is C[C@H](C(=O)N1CCCCCC1)S(=O)(=O)CC(C)(C)C. The van der Waals surface area contributed by atoms with Crippen LogP contribution >= 0.6 is 0 Å². The molecule has 1 aliphatic rings. The van der Waals surface area contributed by atoms with E-state index in [2.05, 4.69) is 0 Å². The van der Waals surface area contributed by atoms with E-state index in [0.717, 1.165) is 25.7 Å². The third-order valence-electron chi connectivity index (χ3n) is 3.44. The molecule has 0 N–H and O–H groups in total. The molecule has 4 nitrogen and oxygen atoms in total. The lowest BCUT2D eigenvalue weighted by molar-refractivity contribution is -0.130. The molecule has 0 saturated carbocycles. The van der Waals surface area contributed by atoms with Crippen LogP contribution in [0.4, 0.5) is 0 Å². The average Bonchev–Trinajstić information content (AvgIpc) is 2.52. The summed E-state index contributed by atoms with van der Waals surface area (Å²) in [5, 5.41) is -0.912. The summed E-state index contributed by atoms with van der Waals surface area (Å²) in [7, 11) is -3.37. The van der Waals surface area contributed by atoms with Crippen LogP contribution in [-0.4, -0.2) is 43.3 Å². The Bertz CT molecular complexity index is 401. The minimum absolute atomic E-state index is 0.0563. The molecule has 0 aromatic heterocycles. The number of amides is 1. The first kappa shape index (κ1) is 16.5. The number of rotatable bonds is 3. The van der Waals surface area contributed by atoms with Crippen LogP contribution in [0.25, 0.3) is 0 Å². The van der Waals surface area contributed by atoms with E-state index in [-0.39, 0.29) is 17.1 Å². The van der Waals surface area contributed by atoms with Crippen LogP contribution in [0.15, 0.2) is 0 Å². The molecule has 1 saturated heterocycles. The molecule has 19 heavy (non-hydrogen) atoms. The van der Waals surface area contributed by atoms with Gasteiger partial charge in [-0.3, -0.25) is 4.79 Å². The van der Waals surface area contributed by atoms with Gasteiger partial charge in [-0.15, -0.1) is 0 Å². The van der Waals surface area contributed by atoms with Crippen LogP contribution in [-0.2, 0) is 14.6 Å². The summed E-state index contributed by atoms with van der Waals surface area (Å²) in [5.41, 5.74) is -0.313. The minimum Gasteiger partial charge on any atom is -0.342 e. The molecule has 1 heterocycles. The lowest BCUT2D eigenvalue weighted by atomic mass is 10.0. The summed E-state index contributed by atoms with van der Waals surface area (Å²) in [5.74, 6) is -0.160. The second-order valence-electron chi connectivity index (χ2n) is 6.75. The molecule has 1 atom stereocenters. The fourth-order valence-corrected chi connectivity index (χ4v) is 4.34. The largest absolute Gasteiger partial charge is 0.342 e. The van der Waals surface area contributed by atoms with E-state index in [1.54, 1.807) is 4.90 Å². The van der Waals surface area contributed by atoms with Gasteiger partial charge in [-0.05, 0) is 25.2 Å². The highest BCUT2D eigenvalue weighted by atomic mass is 32.2. The monoisotopic (exact) mass is 289 g/mol. The highest BCUT2D eigenvalue weighted by Gasteiger charge is 2.34. The molecule has 1 aliphatic heterocycles. The molecule has 0 bridgehead atoms. The maximum absolute atomic E-state index is 12.3. The van der Waals surface area contributed by atoms with Crippen molar-refractivity contribution in [3.8, 4) is 0 Å². The Kier molecular flexibility index (Phi) is 5.42. The molecule has 0 spiro atoms. The van der Waals surface area contributed by atoms with Crippen molar-refractivity contribution in [2.45, 2.75) is 58.6 Å². The van der Waals surface area contributed by atoms with Gasteiger partial charge in [0.1, 0.15) is 5.25 Å². The number of carbonyl (C=O) groups is 1. The topological polar surface area (TPSA) is 54.5 Å². The fraction of sp³-hybridized carbons (Fsp3) is 0.929. The van der Waals surface area contributed by atoms with Crippen molar-refractivity contribution in [1.29, 1.82) is 0 Å². The average molecular weight is 289 g/mol. The van der Waals surface area contributed by atoms with Gasteiger partial charge in [0.05, 0.1) is 5.75 Å². The third kappa shape index (κ3) is 5.13. The Hall–Kier alpha value is -0.580. The smallest absolute Gasteiger partial charge is 0.240 e. The minimum atomic E-state index is -3.37. The summed E-state index contributed by atoms with van der Waals surface area (Å²) in [4.78, 5) is 14.1. The lowest BCUT2D eigenvalue weighted by Crippen LogP contribution is -2.44. The number of nitrogens with zero attached hydrogens (tertiary/aromatic N) is 1. The van der Waals surface area contributed by atoms with Crippen LogP contribution in [0.1, 0.15) is 53.4 Å². The Labute approximate surface area is 117 Å². The van der Waals surface area contributed by atoms with E-state index >= 15 is 0 Å². The summed E-state index contributed by atoms with van der Waals surface area (Å²) in [6.45, 7) is 8.59. The predicted molar refractivity (Wildman–Crippen MR) is 77.8 cm³/mol. The summed E-state index contributed by atoms with van der Waals surface area (Å²) in [6.07, 6.45) is 4.23. The molecule has 1 fully saturated rings. The molecule has 1 amide bonds. The second kappa shape index (κ2) is 6.25. The van der Waals surface area contributed by atoms with Crippen LogP contribution in [0.3, 0.4) is 0 Å². The van der Waals surface area contributed by atoms with Gasteiger partial charge in [-0.25, -0.2) is 8.42 Å². The van der Waals surface area contributed by atoms with E-state index < -0.39 is 15.1 Å². The van der Waals surface area contributed by atoms with E-state index in [1.165, 1.54) is 6.92 Å². The van der Waals surface area contributed by atoms with E-state index in [1.807, 2.05) is 20.8 Å². The van der Waals surface area contributed by atoms with Crippen molar-refractivity contribution in [2.24, 2.45) is 5.41 Å². The van der Waals surface area contributed by atoms with Crippen LogP contribution in [0.5, 0.6) is 0 Å². The van der Waals surface area contributed by atoms with Gasteiger partial charge in [0, 0.05) is 13.1 Å². The summed E-state index contributed by atoms with van der Waals surface area (Å²) >= 11 is 0. The van der Waals surface area contributed by atoms with Crippen molar-refractivity contribution in [2.75, 3.05) is 18.8 Å². The maximum Gasteiger partial charge on any atom is 0.240 e. The van der Waals surface area contributed by atoms with E-state index in [4.69, 9.17) is 0 Å². The summed E-state index contributed by atoms with van der Waals surface area (Å²) < 4.78 is 24.5. The van der Waals surface area contributed by atoms with Crippen molar-refractivity contribution in [3.05, 3.63) is 0 Å². The van der Waals surface area contributed by atoms with E-state index in [9.17, 15) is 13.2 Å². The second-order valence-corrected chi connectivity index (χ2v) is 9.07. The molecule has 0 radical (unpaired) electrons. The van der Waals surface area contributed by atoms with Gasteiger partial charge in [0.2, 0.25) is 5.91 Å². The van der Waals surface area contributed by atoms with Crippen molar-refractivity contribution < 1.29 is 13.2 Å². The molecule has 0 aromatic rings. The van der Waals surface area contributed by atoms with Crippen molar-refractivity contribution >= 4 is 15.7 Å². The summed E-state index contributed by atoms with van der Waals surface area (Å²) in [6, 6.07) is 0. The van der Waals surface area contributed by atoms with Crippen LogP contribution < -0.4 is 0 Å². The highest BCUT2D eigenvalue weighted by Crippen LogP contribution is 2.21. The Morgan fingerprint density at radius 2 is 1.58 bits per heavy atom. The van der Waals surface area contributed by atoms with Crippen molar-refractivity contribution in [1.82, 2.24) is 4.90 Å². The number of hydrogen-bond donors (Lipinski definition) is 0. The number of likely N-dealkylation sites (tertiary alicyclic amines) is 1. The molecule has 5 heteroatoms. The number of hydrogen-bond acceptors (Lipinski definition) is 3. The Balaban J connectivity index is 2.75. The van der Waals surface area contributed by atoms with Crippen LogP contribution in [0, 0.1) is 5.41 Å². The van der Waals surface area contributed by atoms with Crippen molar-refractivity contribution in [3.63, 3.8) is 0 Å². The maximum atomic E-state index is 12.3. The normalized spacial score (nSPS) is 19.9. The first-order chi connectivity index (χ1) is 8.63. The molecule has 1 rings (SSSR count). The Morgan fingerprint density at radius 3 is 2.00 bits per heavy atom.